The van der Waals surface area contributed by atoms with Crippen molar-refractivity contribution in [3.63, 3.8) is 0 Å². The molecule has 1 fully saturated rings. The summed E-state index contributed by atoms with van der Waals surface area (Å²) in [4.78, 5) is 41.2. The zero-order valence-corrected chi connectivity index (χ0v) is 21.8. The van der Waals surface area contributed by atoms with E-state index >= 15 is 0 Å². The average molecular weight is 520 g/mol. The first-order chi connectivity index (χ1) is 17.9. The monoisotopic (exact) mass is 519 g/mol. The van der Waals surface area contributed by atoms with Crippen molar-refractivity contribution in [2.75, 3.05) is 6.54 Å². The molecule has 2 amide bonds. The van der Waals surface area contributed by atoms with Gasteiger partial charge in [0.2, 0.25) is 11.8 Å². The molecule has 1 saturated heterocycles. The van der Waals surface area contributed by atoms with E-state index in [0.29, 0.717) is 18.1 Å². The van der Waals surface area contributed by atoms with E-state index < -0.39 is 42.5 Å². The van der Waals surface area contributed by atoms with Crippen LogP contribution in [0.15, 0.2) is 20.0 Å². The average Bonchev–Trinajstić information content (AvgIpc) is 3.37. The number of nitrogens with zero attached hydrogens (tertiary/aromatic N) is 4. The lowest BCUT2D eigenvalue weighted by atomic mass is 9.96. The molecular weight excluding hydrogens is 478 g/mol. The van der Waals surface area contributed by atoms with Crippen molar-refractivity contribution in [3.05, 3.63) is 0 Å². The first-order valence-electron chi connectivity index (χ1n) is 13.4. The maximum Gasteiger partial charge on any atom is 0.239 e. The molecule has 0 aromatic rings. The van der Waals surface area contributed by atoms with E-state index in [0.717, 1.165) is 19.3 Å². The number of ether oxygens (including phenoxy) is 1. The molecule has 0 spiro atoms. The molecular formula is C25H41N7O5. The normalized spacial score (nSPS) is 29.5. The number of amides is 2. The lowest BCUT2D eigenvalue weighted by Gasteiger charge is -2.40. The van der Waals surface area contributed by atoms with Gasteiger partial charge in [-0.2, -0.15) is 0 Å². The number of hydrogen-bond acceptors (Lipinski definition) is 9. The van der Waals surface area contributed by atoms with Gasteiger partial charge in [0.25, 0.3) is 0 Å². The third-order valence-corrected chi connectivity index (χ3v) is 6.74. The summed E-state index contributed by atoms with van der Waals surface area (Å²) in [5.41, 5.74) is 0. The van der Waals surface area contributed by atoms with Crippen LogP contribution in [0.25, 0.3) is 0 Å². The van der Waals surface area contributed by atoms with Crippen molar-refractivity contribution < 1.29 is 24.5 Å². The van der Waals surface area contributed by atoms with Crippen LogP contribution in [0.1, 0.15) is 78.1 Å². The number of fused-ring (bicyclic) bond motifs is 1. The van der Waals surface area contributed by atoms with Gasteiger partial charge >= 0.3 is 0 Å². The highest BCUT2D eigenvalue weighted by Crippen LogP contribution is 2.23. The topological polar surface area (TPSA) is 169 Å². The van der Waals surface area contributed by atoms with Crippen molar-refractivity contribution in [3.8, 4) is 0 Å². The SMILES string of the molecule is CCCCCCCCCCCC(=O)NCC(=O)NC1C(C)OC(/N=C2\N=CNC3=NC=NC32)C(O)C1O. The Kier molecular flexibility index (Phi) is 11.6. The summed E-state index contributed by atoms with van der Waals surface area (Å²) in [7, 11) is 0. The Morgan fingerprint density at radius 1 is 1.05 bits per heavy atom. The maximum absolute atomic E-state index is 12.4. The first kappa shape index (κ1) is 28.9. The summed E-state index contributed by atoms with van der Waals surface area (Å²) in [6.45, 7) is 3.67. The molecule has 12 nitrogen and oxygen atoms in total. The van der Waals surface area contributed by atoms with Gasteiger partial charge in [0.05, 0.1) is 25.0 Å². The van der Waals surface area contributed by atoms with Gasteiger partial charge in [-0.25, -0.2) is 15.0 Å². The first-order valence-corrected chi connectivity index (χ1v) is 13.4. The minimum absolute atomic E-state index is 0.178. The van der Waals surface area contributed by atoms with Gasteiger partial charge in [-0.3, -0.25) is 14.6 Å². The fraction of sp³-hybridized carbons (Fsp3) is 0.760. The van der Waals surface area contributed by atoms with Crippen molar-refractivity contribution >= 4 is 36.2 Å². The second-order valence-corrected chi connectivity index (χ2v) is 9.73. The van der Waals surface area contributed by atoms with E-state index in [1.807, 2.05) is 0 Å². The Bertz CT molecular complexity index is 891. The highest BCUT2D eigenvalue weighted by atomic mass is 16.5. The number of aliphatic imine (C=N–C) groups is 4. The summed E-state index contributed by atoms with van der Waals surface area (Å²) in [5, 5.41) is 29.4. The molecule has 0 saturated carbocycles. The van der Waals surface area contributed by atoms with Crippen LogP contribution >= 0.6 is 0 Å². The van der Waals surface area contributed by atoms with E-state index in [9.17, 15) is 19.8 Å². The second-order valence-electron chi connectivity index (χ2n) is 9.73. The minimum Gasteiger partial charge on any atom is -0.388 e. The largest absolute Gasteiger partial charge is 0.388 e. The molecule has 37 heavy (non-hydrogen) atoms. The summed E-state index contributed by atoms with van der Waals surface area (Å²) >= 11 is 0. The summed E-state index contributed by atoms with van der Waals surface area (Å²) in [5.74, 6) is 0.216. The fourth-order valence-corrected chi connectivity index (χ4v) is 4.53. The molecule has 6 atom stereocenters. The van der Waals surface area contributed by atoms with Gasteiger partial charge < -0.3 is 30.9 Å². The number of hydrogen-bond donors (Lipinski definition) is 5. The van der Waals surface area contributed by atoms with Gasteiger partial charge in [-0.05, 0) is 13.3 Å². The lowest BCUT2D eigenvalue weighted by Crippen LogP contribution is -2.63. The summed E-state index contributed by atoms with van der Waals surface area (Å²) in [6.07, 6.45) is 9.25. The van der Waals surface area contributed by atoms with E-state index in [-0.39, 0.29) is 12.5 Å². The van der Waals surface area contributed by atoms with Crippen LogP contribution in [-0.2, 0) is 14.3 Å². The number of carbonyl (C=O) groups is 2. The number of nitrogens with one attached hydrogen (secondary N) is 3. The highest BCUT2D eigenvalue weighted by molar-refractivity contribution is 6.21. The maximum atomic E-state index is 12.4. The molecule has 6 unspecified atom stereocenters. The number of amidine groups is 2. The standard InChI is InChI=1S/C25H41N7O5/c1-3-4-5-6-7-8-9-10-11-12-17(33)26-13-18(34)31-19-16(2)37-25(22(36)21(19)35)32-24-20-23(28-14-27-20)29-15-30-24/h14-16,19-22,25,35-36H,3-13H2,1-2H3,(H,26,33)(H,31,34)(H,27,28,29,30,32). The second kappa shape index (κ2) is 14.9. The predicted molar refractivity (Wildman–Crippen MR) is 142 cm³/mol. The van der Waals surface area contributed by atoms with Crippen LogP contribution in [0.4, 0.5) is 0 Å². The number of rotatable bonds is 14. The Hall–Kier alpha value is -2.70. The molecule has 3 heterocycles. The number of aliphatic hydroxyl groups is 2. The van der Waals surface area contributed by atoms with Crippen LogP contribution in [0.2, 0.25) is 0 Å². The van der Waals surface area contributed by atoms with Crippen LogP contribution in [-0.4, -0.2) is 89.5 Å². The lowest BCUT2D eigenvalue weighted by molar-refractivity contribution is -0.178. The molecule has 12 heteroatoms. The van der Waals surface area contributed by atoms with E-state index in [4.69, 9.17) is 4.74 Å². The van der Waals surface area contributed by atoms with E-state index in [2.05, 4.69) is 42.8 Å². The predicted octanol–water partition coefficient (Wildman–Crippen LogP) is 0.814. The fourth-order valence-electron chi connectivity index (χ4n) is 4.53. The van der Waals surface area contributed by atoms with E-state index in [1.165, 1.54) is 51.2 Å². The van der Waals surface area contributed by atoms with Crippen LogP contribution in [0.5, 0.6) is 0 Å². The molecule has 0 aromatic heterocycles. The van der Waals surface area contributed by atoms with Crippen LogP contribution in [0.3, 0.4) is 0 Å². The Labute approximate surface area is 218 Å². The molecule has 206 valence electrons. The van der Waals surface area contributed by atoms with Crippen molar-refractivity contribution in [1.29, 1.82) is 0 Å². The molecule has 0 aromatic carbocycles. The highest BCUT2D eigenvalue weighted by Gasteiger charge is 2.44. The third kappa shape index (κ3) is 8.68. The van der Waals surface area contributed by atoms with E-state index in [1.54, 1.807) is 6.92 Å². The Morgan fingerprint density at radius 3 is 2.49 bits per heavy atom. The van der Waals surface area contributed by atoms with Gasteiger partial charge in [0.1, 0.15) is 24.4 Å². The third-order valence-electron chi connectivity index (χ3n) is 6.74. The van der Waals surface area contributed by atoms with Crippen LogP contribution in [0, 0.1) is 0 Å². The van der Waals surface area contributed by atoms with Gasteiger partial charge in [-0.1, -0.05) is 58.3 Å². The molecule has 3 rings (SSSR count). The minimum atomic E-state index is -1.40. The quantitative estimate of drug-likeness (QED) is 0.213. The number of carbonyl (C=O) groups excluding carboxylic acids is 2. The van der Waals surface area contributed by atoms with Crippen LogP contribution < -0.4 is 16.0 Å². The van der Waals surface area contributed by atoms with Gasteiger partial charge in [0, 0.05) is 6.42 Å². The Morgan fingerprint density at radius 2 is 1.76 bits per heavy atom. The Balaban J connectivity index is 1.35. The van der Waals surface area contributed by atoms with Gasteiger partial charge in [0.15, 0.2) is 18.1 Å². The molecule has 0 radical (unpaired) electrons. The molecule has 0 bridgehead atoms. The zero-order valence-electron chi connectivity index (χ0n) is 21.8. The molecule has 0 aliphatic carbocycles. The smallest absolute Gasteiger partial charge is 0.239 e. The summed E-state index contributed by atoms with van der Waals surface area (Å²) < 4.78 is 5.79. The molecule has 3 aliphatic heterocycles. The summed E-state index contributed by atoms with van der Waals surface area (Å²) in [6, 6.07) is -1.38. The number of unbranched alkanes of at least 4 members (excludes halogenated alkanes) is 8. The van der Waals surface area contributed by atoms with Crippen molar-refractivity contribution in [1.82, 2.24) is 16.0 Å². The zero-order chi connectivity index (χ0) is 26.6. The molecule has 5 N–H and O–H groups in total. The number of aliphatic hydroxyl groups excluding tert-OH is 2. The van der Waals surface area contributed by atoms with Crippen molar-refractivity contribution in [2.24, 2.45) is 20.0 Å². The van der Waals surface area contributed by atoms with Crippen molar-refractivity contribution in [2.45, 2.75) is 115 Å². The molecule has 3 aliphatic rings. The van der Waals surface area contributed by atoms with Gasteiger partial charge in [-0.15, -0.1) is 0 Å².